The lowest BCUT2D eigenvalue weighted by Crippen LogP contribution is -2.49. The Labute approximate surface area is 138 Å². The van der Waals surface area contributed by atoms with E-state index in [1.807, 2.05) is 13.8 Å². The zero-order valence-electron chi connectivity index (χ0n) is 13.1. The molecular formula is C15H20N2O5S. The largest absolute Gasteiger partial charge is 0.454 e. The Balaban J connectivity index is 1.69. The molecule has 1 aliphatic heterocycles. The van der Waals surface area contributed by atoms with Crippen molar-refractivity contribution < 1.29 is 23.9 Å². The van der Waals surface area contributed by atoms with Crippen LogP contribution in [0.15, 0.2) is 17.5 Å². The number of nitrogens with zero attached hydrogens (tertiary/aromatic N) is 1. The lowest BCUT2D eigenvalue weighted by Gasteiger charge is -2.35. The number of ether oxygens (including phenoxy) is 2. The van der Waals surface area contributed by atoms with Gasteiger partial charge in [0.05, 0.1) is 17.1 Å². The smallest absolute Gasteiger partial charge is 0.325 e. The quantitative estimate of drug-likeness (QED) is 0.796. The van der Waals surface area contributed by atoms with Gasteiger partial charge in [-0.25, -0.2) is 0 Å². The Morgan fingerprint density at radius 2 is 2.04 bits per heavy atom. The highest BCUT2D eigenvalue weighted by atomic mass is 32.1. The zero-order valence-corrected chi connectivity index (χ0v) is 13.9. The molecule has 2 rings (SSSR count). The molecule has 7 nitrogen and oxygen atoms in total. The number of carbonyl (C=O) groups is 3. The average Bonchev–Trinajstić information content (AvgIpc) is 3.03. The second-order valence-electron chi connectivity index (χ2n) is 5.38. The third kappa shape index (κ3) is 5.33. The van der Waals surface area contributed by atoms with Gasteiger partial charge in [-0.1, -0.05) is 6.07 Å². The Hall–Kier alpha value is -1.93. The molecule has 0 unspecified atom stereocenters. The molecule has 126 valence electrons. The van der Waals surface area contributed by atoms with Crippen molar-refractivity contribution in [2.24, 2.45) is 0 Å². The van der Waals surface area contributed by atoms with Gasteiger partial charge in [-0.05, 0) is 25.3 Å². The van der Waals surface area contributed by atoms with Gasteiger partial charge >= 0.3 is 5.97 Å². The van der Waals surface area contributed by atoms with E-state index < -0.39 is 5.97 Å². The Morgan fingerprint density at radius 3 is 2.65 bits per heavy atom. The topological polar surface area (TPSA) is 84.9 Å². The lowest BCUT2D eigenvalue weighted by atomic mass is 10.2. The van der Waals surface area contributed by atoms with E-state index >= 15 is 0 Å². The summed E-state index contributed by atoms with van der Waals surface area (Å²) in [7, 11) is 0. The van der Waals surface area contributed by atoms with Crippen molar-refractivity contribution in [3.8, 4) is 0 Å². The van der Waals surface area contributed by atoms with E-state index in [0.29, 0.717) is 18.0 Å². The minimum atomic E-state index is -0.641. The first-order chi connectivity index (χ1) is 11.0. The van der Waals surface area contributed by atoms with E-state index in [1.165, 1.54) is 11.3 Å². The number of rotatable bonds is 5. The summed E-state index contributed by atoms with van der Waals surface area (Å²) < 4.78 is 10.5. The fraction of sp³-hybridized carbons (Fsp3) is 0.533. The van der Waals surface area contributed by atoms with Crippen molar-refractivity contribution in [2.75, 3.05) is 26.2 Å². The van der Waals surface area contributed by atoms with E-state index in [0.717, 1.165) is 0 Å². The molecule has 1 N–H and O–H groups in total. The van der Waals surface area contributed by atoms with Crippen LogP contribution in [-0.4, -0.2) is 61.1 Å². The van der Waals surface area contributed by atoms with Crippen molar-refractivity contribution in [1.29, 1.82) is 0 Å². The molecule has 2 heterocycles. The van der Waals surface area contributed by atoms with Crippen molar-refractivity contribution in [3.05, 3.63) is 22.4 Å². The monoisotopic (exact) mass is 340 g/mol. The van der Waals surface area contributed by atoms with Gasteiger partial charge in [-0.15, -0.1) is 11.3 Å². The van der Waals surface area contributed by atoms with Gasteiger partial charge in [0.15, 0.2) is 6.61 Å². The van der Waals surface area contributed by atoms with Crippen molar-refractivity contribution in [2.45, 2.75) is 26.1 Å². The van der Waals surface area contributed by atoms with Gasteiger partial charge in [0, 0.05) is 13.1 Å². The fourth-order valence-corrected chi connectivity index (χ4v) is 2.95. The molecule has 2 atom stereocenters. The number of amides is 2. The third-order valence-electron chi connectivity index (χ3n) is 3.27. The van der Waals surface area contributed by atoms with E-state index in [9.17, 15) is 14.4 Å². The molecule has 8 heteroatoms. The van der Waals surface area contributed by atoms with Crippen LogP contribution in [-0.2, 0) is 19.1 Å². The highest BCUT2D eigenvalue weighted by molar-refractivity contribution is 7.12. The van der Waals surface area contributed by atoms with Crippen LogP contribution in [0.3, 0.4) is 0 Å². The van der Waals surface area contributed by atoms with Crippen LogP contribution in [0.25, 0.3) is 0 Å². The molecule has 0 radical (unpaired) electrons. The molecule has 0 saturated carbocycles. The standard InChI is InChI=1S/C15H20N2O5S/c1-10-7-17(8-11(2)22-10)13(18)9-21-14(19)6-16-15(20)12-4-3-5-23-12/h3-5,10-11H,6-9H2,1-2H3,(H,16,20)/t10-,11-/m0/s1. The molecule has 1 aromatic rings. The van der Waals surface area contributed by atoms with Crippen LogP contribution in [0, 0.1) is 0 Å². The first kappa shape index (κ1) is 17.4. The van der Waals surface area contributed by atoms with Gasteiger partial charge in [-0.3, -0.25) is 14.4 Å². The molecular weight excluding hydrogens is 320 g/mol. The second-order valence-corrected chi connectivity index (χ2v) is 6.32. The minimum Gasteiger partial charge on any atom is -0.454 e. The highest BCUT2D eigenvalue weighted by Gasteiger charge is 2.26. The highest BCUT2D eigenvalue weighted by Crippen LogP contribution is 2.11. The number of nitrogens with one attached hydrogen (secondary N) is 1. The first-order valence-corrected chi connectivity index (χ1v) is 8.24. The second kappa shape index (κ2) is 8.07. The molecule has 1 aromatic heterocycles. The van der Waals surface area contributed by atoms with E-state index in [4.69, 9.17) is 9.47 Å². The molecule has 0 aromatic carbocycles. The molecule has 1 aliphatic rings. The summed E-state index contributed by atoms with van der Waals surface area (Å²) in [6.07, 6.45) is -0.0769. The molecule has 1 fully saturated rings. The van der Waals surface area contributed by atoms with Crippen LogP contribution in [0.1, 0.15) is 23.5 Å². The predicted molar refractivity (Wildman–Crippen MR) is 84.2 cm³/mol. The van der Waals surface area contributed by atoms with E-state index in [1.54, 1.807) is 22.4 Å². The van der Waals surface area contributed by atoms with Crippen LogP contribution >= 0.6 is 11.3 Å². The van der Waals surface area contributed by atoms with Crippen molar-refractivity contribution in [1.82, 2.24) is 10.2 Å². The first-order valence-electron chi connectivity index (χ1n) is 7.36. The number of esters is 1. The maximum Gasteiger partial charge on any atom is 0.325 e. The van der Waals surface area contributed by atoms with Crippen LogP contribution in [0.2, 0.25) is 0 Å². The SMILES string of the molecule is C[C@H]1CN(C(=O)COC(=O)CNC(=O)c2cccs2)C[C@H](C)O1. The maximum atomic E-state index is 12.0. The number of morpholine rings is 1. The van der Waals surface area contributed by atoms with Gasteiger partial charge < -0.3 is 19.7 Å². The van der Waals surface area contributed by atoms with Crippen LogP contribution in [0.4, 0.5) is 0 Å². The summed E-state index contributed by atoms with van der Waals surface area (Å²) in [5.74, 6) is -1.23. The van der Waals surface area contributed by atoms with Gasteiger partial charge in [-0.2, -0.15) is 0 Å². The molecule has 23 heavy (non-hydrogen) atoms. The summed E-state index contributed by atoms with van der Waals surface area (Å²) in [5, 5.41) is 4.23. The lowest BCUT2D eigenvalue weighted by molar-refractivity contribution is -0.156. The Kier molecular flexibility index (Phi) is 6.12. The normalized spacial score (nSPS) is 20.9. The summed E-state index contributed by atoms with van der Waals surface area (Å²) >= 11 is 1.28. The van der Waals surface area contributed by atoms with Crippen molar-refractivity contribution in [3.63, 3.8) is 0 Å². The van der Waals surface area contributed by atoms with E-state index in [-0.39, 0.29) is 37.2 Å². The molecule has 2 amide bonds. The number of carbonyl (C=O) groups excluding carboxylic acids is 3. The molecule has 0 bridgehead atoms. The average molecular weight is 340 g/mol. The van der Waals surface area contributed by atoms with Gasteiger partial charge in [0.1, 0.15) is 6.54 Å². The Morgan fingerprint density at radius 1 is 1.35 bits per heavy atom. The summed E-state index contributed by atoms with van der Waals surface area (Å²) in [6.45, 7) is 4.16. The summed E-state index contributed by atoms with van der Waals surface area (Å²) in [4.78, 5) is 37.4. The van der Waals surface area contributed by atoms with Gasteiger partial charge in [0.25, 0.3) is 11.8 Å². The number of hydrogen-bond acceptors (Lipinski definition) is 6. The maximum absolute atomic E-state index is 12.0. The summed E-state index contributed by atoms with van der Waals surface area (Å²) in [6, 6.07) is 3.41. The minimum absolute atomic E-state index is 0.0384. The van der Waals surface area contributed by atoms with Gasteiger partial charge in [0.2, 0.25) is 0 Å². The molecule has 0 aliphatic carbocycles. The fourth-order valence-electron chi connectivity index (χ4n) is 2.31. The van der Waals surface area contributed by atoms with Crippen LogP contribution < -0.4 is 5.32 Å². The van der Waals surface area contributed by atoms with Crippen molar-refractivity contribution >= 4 is 29.1 Å². The van der Waals surface area contributed by atoms with E-state index in [2.05, 4.69) is 5.32 Å². The predicted octanol–water partition coefficient (Wildman–Crippen LogP) is 0.657. The Bertz CT molecular complexity index is 550. The molecule has 1 saturated heterocycles. The molecule has 0 spiro atoms. The number of thiophene rings is 1. The summed E-state index contributed by atoms with van der Waals surface area (Å²) in [5.41, 5.74) is 0. The van der Waals surface area contributed by atoms with Crippen LogP contribution in [0.5, 0.6) is 0 Å². The number of hydrogen-bond donors (Lipinski definition) is 1. The third-order valence-corrected chi connectivity index (χ3v) is 4.14. The zero-order chi connectivity index (χ0) is 16.8.